The van der Waals surface area contributed by atoms with Crippen LogP contribution in [0, 0.1) is 0 Å². The Hall–Kier alpha value is -2.37. The summed E-state index contributed by atoms with van der Waals surface area (Å²) in [4.78, 5) is 19.6. The third-order valence-electron chi connectivity index (χ3n) is 6.01. The van der Waals surface area contributed by atoms with Gasteiger partial charge in [0.15, 0.2) is 0 Å². The van der Waals surface area contributed by atoms with Crippen molar-refractivity contribution in [2.24, 2.45) is 0 Å². The number of nitrogens with one attached hydrogen (secondary N) is 1. The molecule has 0 spiro atoms. The van der Waals surface area contributed by atoms with Gasteiger partial charge in [0.2, 0.25) is 0 Å². The summed E-state index contributed by atoms with van der Waals surface area (Å²) in [6, 6.07) is 17.0. The topological polar surface area (TPSA) is 38.8 Å². The highest BCUT2D eigenvalue weighted by Gasteiger charge is 2.27. The minimum Gasteiger partial charge on any atom is -0.369 e. The molecule has 1 N–H and O–H groups in total. The molecule has 148 valence electrons. The van der Waals surface area contributed by atoms with Crippen LogP contribution in [0.4, 0.5) is 5.69 Å². The molecule has 2 aromatic carbocycles. The molecule has 2 aliphatic heterocycles. The Morgan fingerprint density at radius 2 is 1.75 bits per heavy atom. The fourth-order valence-corrected chi connectivity index (χ4v) is 4.23. The van der Waals surface area contributed by atoms with Gasteiger partial charge in [0.1, 0.15) is 0 Å². The van der Waals surface area contributed by atoms with Gasteiger partial charge < -0.3 is 20.0 Å². The van der Waals surface area contributed by atoms with E-state index in [0.717, 1.165) is 62.4 Å². The van der Waals surface area contributed by atoms with Crippen LogP contribution in [-0.4, -0.2) is 75.1 Å². The minimum atomic E-state index is 0.111. The molecule has 2 aromatic rings. The standard InChI is InChI=1S/C23H30N4O/c1-25-12-9-22(17-25)26(2)23(28)20-7-3-5-18(15-20)19-6-4-8-21(16-19)27-13-10-24-11-14-27/h3-8,15-16,22,24H,9-14,17H2,1-2H3/t22-/m1/s1. The van der Waals surface area contributed by atoms with Crippen molar-refractivity contribution in [1.29, 1.82) is 0 Å². The molecule has 2 saturated heterocycles. The number of nitrogens with zero attached hydrogens (tertiary/aromatic N) is 3. The van der Waals surface area contributed by atoms with Crippen LogP contribution in [0.2, 0.25) is 0 Å². The first-order valence-corrected chi connectivity index (χ1v) is 10.2. The van der Waals surface area contributed by atoms with Crippen LogP contribution in [0.25, 0.3) is 11.1 Å². The Balaban J connectivity index is 1.54. The largest absolute Gasteiger partial charge is 0.369 e. The molecule has 1 amide bonds. The lowest BCUT2D eigenvalue weighted by Crippen LogP contribution is -2.43. The zero-order valence-electron chi connectivity index (χ0n) is 16.9. The molecule has 0 radical (unpaired) electrons. The molecule has 0 bridgehead atoms. The first kappa shape index (κ1) is 19.0. The summed E-state index contributed by atoms with van der Waals surface area (Å²) in [6.45, 7) is 6.12. The fourth-order valence-electron chi connectivity index (χ4n) is 4.23. The number of rotatable bonds is 4. The molecule has 1 atom stereocenters. The Morgan fingerprint density at radius 3 is 2.46 bits per heavy atom. The highest BCUT2D eigenvalue weighted by Crippen LogP contribution is 2.26. The van der Waals surface area contributed by atoms with Gasteiger partial charge in [-0.3, -0.25) is 4.79 Å². The van der Waals surface area contributed by atoms with E-state index in [1.165, 1.54) is 5.69 Å². The van der Waals surface area contributed by atoms with E-state index in [0.29, 0.717) is 6.04 Å². The maximum Gasteiger partial charge on any atom is 0.253 e. The summed E-state index contributed by atoms with van der Waals surface area (Å²) >= 11 is 0. The Labute approximate surface area is 167 Å². The summed E-state index contributed by atoms with van der Waals surface area (Å²) in [7, 11) is 4.05. The average Bonchev–Trinajstić information content (AvgIpc) is 3.20. The van der Waals surface area contributed by atoms with Crippen molar-refractivity contribution in [3.8, 4) is 11.1 Å². The lowest BCUT2D eigenvalue weighted by Gasteiger charge is -2.29. The number of likely N-dealkylation sites (N-methyl/N-ethyl adjacent to an activating group) is 2. The second kappa shape index (κ2) is 8.33. The molecule has 2 fully saturated rings. The number of carbonyl (C=O) groups excluding carboxylic acids is 1. The monoisotopic (exact) mass is 378 g/mol. The second-order valence-corrected chi connectivity index (χ2v) is 7.99. The normalized spacial score (nSPS) is 20.4. The van der Waals surface area contributed by atoms with Crippen molar-refractivity contribution < 1.29 is 4.79 Å². The molecular weight excluding hydrogens is 348 g/mol. The molecule has 0 saturated carbocycles. The maximum atomic E-state index is 13.0. The molecule has 5 heteroatoms. The van der Waals surface area contributed by atoms with Crippen LogP contribution >= 0.6 is 0 Å². The molecule has 0 aliphatic carbocycles. The summed E-state index contributed by atoms with van der Waals surface area (Å²) in [5, 5.41) is 3.40. The lowest BCUT2D eigenvalue weighted by molar-refractivity contribution is 0.0737. The van der Waals surface area contributed by atoms with Gasteiger partial charge in [0.05, 0.1) is 0 Å². The number of hydrogen-bond donors (Lipinski definition) is 1. The number of hydrogen-bond acceptors (Lipinski definition) is 4. The van der Waals surface area contributed by atoms with Gasteiger partial charge in [-0.05, 0) is 55.4 Å². The zero-order chi connectivity index (χ0) is 19.5. The third-order valence-corrected chi connectivity index (χ3v) is 6.01. The number of piperazine rings is 1. The predicted octanol–water partition coefficient (Wildman–Crippen LogP) is 2.54. The van der Waals surface area contributed by atoms with E-state index in [1.54, 1.807) is 0 Å². The molecule has 4 rings (SSSR count). The minimum absolute atomic E-state index is 0.111. The van der Waals surface area contributed by atoms with E-state index < -0.39 is 0 Å². The van der Waals surface area contributed by atoms with E-state index in [2.05, 4.69) is 52.5 Å². The first-order chi connectivity index (χ1) is 13.6. The maximum absolute atomic E-state index is 13.0. The Morgan fingerprint density at radius 1 is 1.04 bits per heavy atom. The number of likely N-dealkylation sites (tertiary alicyclic amines) is 1. The second-order valence-electron chi connectivity index (χ2n) is 7.99. The highest BCUT2D eigenvalue weighted by molar-refractivity contribution is 5.95. The van der Waals surface area contributed by atoms with Gasteiger partial charge in [-0.1, -0.05) is 24.3 Å². The molecule has 2 aliphatic rings. The van der Waals surface area contributed by atoms with Crippen LogP contribution in [0.5, 0.6) is 0 Å². The van der Waals surface area contributed by atoms with E-state index >= 15 is 0 Å². The van der Waals surface area contributed by atoms with E-state index in [1.807, 2.05) is 30.1 Å². The Kier molecular flexibility index (Phi) is 5.64. The summed E-state index contributed by atoms with van der Waals surface area (Å²) in [5.41, 5.74) is 4.28. The van der Waals surface area contributed by atoms with E-state index in [4.69, 9.17) is 0 Å². The van der Waals surface area contributed by atoms with Gasteiger partial charge in [0, 0.05) is 57.1 Å². The van der Waals surface area contributed by atoms with Crippen molar-refractivity contribution in [3.63, 3.8) is 0 Å². The number of anilines is 1. The van der Waals surface area contributed by atoms with Gasteiger partial charge in [-0.2, -0.15) is 0 Å². The molecule has 5 nitrogen and oxygen atoms in total. The first-order valence-electron chi connectivity index (χ1n) is 10.2. The quantitative estimate of drug-likeness (QED) is 0.888. The number of carbonyl (C=O) groups is 1. The van der Waals surface area contributed by atoms with Gasteiger partial charge in [-0.25, -0.2) is 0 Å². The smallest absolute Gasteiger partial charge is 0.253 e. The van der Waals surface area contributed by atoms with Gasteiger partial charge in [-0.15, -0.1) is 0 Å². The van der Waals surface area contributed by atoms with E-state index in [9.17, 15) is 4.79 Å². The van der Waals surface area contributed by atoms with Gasteiger partial charge >= 0.3 is 0 Å². The van der Waals surface area contributed by atoms with Crippen LogP contribution < -0.4 is 10.2 Å². The van der Waals surface area contributed by atoms with Crippen molar-refractivity contribution in [2.75, 3.05) is 58.3 Å². The van der Waals surface area contributed by atoms with Crippen LogP contribution in [0.1, 0.15) is 16.8 Å². The molecule has 28 heavy (non-hydrogen) atoms. The van der Waals surface area contributed by atoms with Gasteiger partial charge in [0.25, 0.3) is 5.91 Å². The third kappa shape index (κ3) is 4.05. The molecule has 0 unspecified atom stereocenters. The van der Waals surface area contributed by atoms with E-state index in [-0.39, 0.29) is 5.91 Å². The average molecular weight is 379 g/mol. The molecule has 0 aromatic heterocycles. The summed E-state index contributed by atoms with van der Waals surface area (Å²) in [6.07, 6.45) is 1.05. The lowest BCUT2D eigenvalue weighted by atomic mass is 10.0. The zero-order valence-corrected chi connectivity index (χ0v) is 16.9. The molecule has 2 heterocycles. The fraction of sp³-hybridized carbons (Fsp3) is 0.435. The highest BCUT2D eigenvalue weighted by atomic mass is 16.2. The van der Waals surface area contributed by atoms with Crippen LogP contribution in [-0.2, 0) is 0 Å². The van der Waals surface area contributed by atoms with Crippen LogP contribution in [0.15, 0.2) is 48.5 Å². The van der Waals surface area contributed by atoms with Crippen LogP contribution in [0.3, 0.4) is 0 Å². The predicted molar refractivity (Wildman–Crippen MR) is 115 cm³/mol. The Bertz CT molecular complexity index is 831. The van der Waals surface area contributed by atoms with Crippen molar-refractivity contribution >= 4 is 11.6 Å². The number of amides is 1. The number of benzene rings is 2. The molecular formula is C23H30N4O. The summed E-state index contributed by atoms with van der Waals surface area (Å²) in [5.74, 6) is 0.111. The summed E-state index contributed by atoms with van der Waals surface area (Å²) < 4.78 is 0. The van der Waals surface area contributed by atoms with Crippen molar-refractivity contribution in [1.82, 2.24) is 15.1 Å². The SMILES string of the molecule is CN1CC[C@@H](N(C)C(=O)c2cccc(-c3cccc(N4CCNCC4)c3)c2)C1. The van der Waals surface area contributed by atoms with Crippen molar-refractivity contribution in [3.05, 3.63) is 54.1 Å². The van der Waals surface area contributed by atoms with Crippen molar-refractivity contribution in [2.45, 2.75) is 12.5 Å².